The number of rotatable bonds is 6. The van der Waals surface area contributed by atoms with E-state index < -0.39 is 12.1 Å². The lowest BCUT2D eigenvalue weighted by Crippen LogP contribution is -2.50. The van der Waals surface area contributed by atoms with Crippen LogP contribution in [0.2, 0.25) is 0 Å². The second kappa shape index (κ2) is 9.38. The minimum absolute atomic E-state index is 0.0462. The monoisotopic (exact) mass is 432 g/mol. The van der Waals surface area contributed by atoms with E-state index in [0.29, 0.717) is 23.2 Å². The summed E-state index contributed by atoms with van der Waals surface area (Å²) in [6, 6.07) is 15.1. The van der Waals surface area contributed by atoms with E-state index in [9.17, 15) is 18.8 Å². The Hall–Kier alpha value is -4.07. The van der Waals surface area contributed by atoms with Crippen molar-refractivity contribution in [2.24, 2.45) is 0 Å². The minimum Gasteiger partial charge on any atom is -0.348 e. The molecule has 1 fully saturated rings. The highest BCUT2D eigenvalue weighted by Gasteiger charge is 2.32. The molecule has 1 aromatic heterocycles. The predicted molar refractivity (Wildman–Crippen MR) is 115 cm³/mol. The quantitative estimate of drug-likeness (QED) is 0.625. The van der Waals surface area contributed by atoms with E-state index in [1.165, 1.54) is 12.1 Å². The third-order valence-electron chi connectivity index (χ3n) is 5.20. The van der Waals surface area contributed by atoms with Crippen LogP contribution in [-0.2, 0) is 17.9 Å². The van der Waals surface area contributed by atoms with E-state index in [4.69, 9.17) is 0 Å². The molecule has 2 aromatic carbocycles. The first-order valence-electron chi connectivity index (χ1n) is 10.1. The van der Waals surface area contributed by atoms with E-state index in [2.05, 4.69) is 15.6 Å². The normalized spacial score (nSPS) is 15.9. The Kier molecular flexibility index (Phi) is 6.21. The number of imide groups is 1. The van der Waals surface area contributed by atoms with Crippen LogP contribution in [0, 0.1) is 5.82 Å². The van der Waals surface area contributed by atoms with Crippen molar-refractivity contribution >= 4 is 17.8 Å². The van der Waals surface area contributed by atoms with Gasteiger partial charge in [0.2, 0.25) is 5.91 Å². The molecular weight excluding hydrogens is 411 g/mol. The van der Waals surface area contributed by atoms with E-state index in [0.717, 1.165) is 10.5 Å². The first-order valence-corrected chi connectivity index (χ1v) is 10.1. The van der Waals surface area contributed by atoms with Gasteiger partial charge in [0.25, 0.3) is 5.91 Å². The fourth-order valence-electron chi connectivity index (χ4n) is 3.51. The highest BCUT2D eigenvalue weighted by molar-refractivity contribution is 5.97. The van der Waals surface area contributed by atoms with Gasteiger partial charge in [0.15, 0.2) is 0 Å². The van der Waals surface area contributed by atoms with Crippen molar-refractivity contribution in [3.05, 3.63) is 101 Å². The Balaban J connectivity index is 1.39. The Morgan fingerprint density at radius 1 is 1.09 bits per heavy atom. The fraction of sp³-hybridized carbons (Fsp3) is 0.167. The number of pyridine rings is 1. The Labute approximate surface area is 184 Å². The van der Waals surface area contributed by atoms with Crippen LogP contribution in [0.15, 0.2) is 73.1 Å². The maximum absolute atomic E-state index is 13.1. The van der Waals surface area contributed by atoms with Gasteiger partial charge in [-0.2, -0.15) is 0 Å². The van der Waals surface area contributed by atoms with Gasteiger partial charge in [0.05, 0.1) is 19.0 Å². The lowest BCUT2D eigenvalue weighted by atomic mass is 10.0. The summed E-state index contributed by atoms with van der Waals surface area (Å²) in [6.45, 7) is 0.388. The van der Waals surface area contributed by atoms with Crippen molar-refractivity contribution in [3.8, 4) is 0 Å². The number of halogens is 1. The standard InChI is InChI=1S/C24H21FN4O3/c25-20-8-6-18(7-9-20)21-12-22(30)29(24(32)28-21)15-16-3-1-5-19(11-16)23(31)27-14-17-4-2-10-26-13-17/h1-11,13,21H,12,14-15H2,(H,27,31)(H,28,32)/t21-/m0/s1. The maximum Gasteiger partial charge on any atom is 0.324 e. The molecule has 0 spiro atoms. The molecule has 2 heterocycles. The molecule has 7 nitrogen and oxygen atoms in total. The first-order chi connectivity index (χ1) is 15.5. The van der Waals surface area contributed by atoms with Gasteiger partial charge in [-0.15, -0.1) is 0 Å². The van der Waals surface area contributed by atoms with E-state index in [-0.39, 0.29) is 30.6 Å². The predicted octanol–water partition coefficient (Wildman–Crippen LogP) is 3.33. The largest absolute Gasteiger partial charge is 0.348 e. The average molecular weight is 432 g/mol. The summed E-state index contributed by atoms with van der Waals surface area (Å²) in [5.74, 6) is -0.982. The molecular formula is C24H21FN4O3. The number of carbonyl (C=O) groups is 3. The van der Waals surface area contributed by atoms with Crippen LogP contribution in [0.5, 0.6) is 0 Å². The van der Waals surface area contributed by atoms with Crippen LogP contribution >= 0.6 is 0 Å². The van der Waals surface area contributed by atoms with Gasteiger partial charge in [0.1, 0.15) is 5.82 Å². The lowest BCUT2D eigenvalue weighted by molar-refractivity contribution is -0.130. The highest BCUT2D eigenvalue weighted by atomic mass is 19.1. The SMILES string of the molecule is O=C(NCc1cccnc1)c1cccc(CN2C(=O)C[C@@H](c3ccc(F)cc3)NC2=O)c1. The average Bonchev–Trinajstić information content (AvgIpc) is 2.81. The topological polar surface area (TPSA) is 91.4 Å². The number of benzene rings is 2. The minimum atomic E-state index is -0.526. The maximum atomic E-state index is 13.1. The van der Waals surface area contributed by atoms with Crippen LogP contribution in [-0.4, -0.2) is 27.7 Å². The Morgan fingerprint density at radius 3 is 2.59 bits per heavy atom. The third-order valence-corrected chi connectivity index (χ3v) is 5.20. The summed E-state index contributed by atoms with van der Waals surface area (Å²) < 4.78 is 13.1. The van der Waals surface area contributed by atoms with E-state index in [1.807, 2.05) is 6.07 Å². The summed E-state index contributed by atoms with van der Waals surface area (Å²) in [5, 5.41) is 5.61. The smallest absolute Gasteiger partial charge is 0.324 e. The molecule has 0 unspecified atom stereocenters. The van der Waals surface area contributed by atoms with Gasteiger partial charge in [-0.1, -0.05) is 30.3 Å². The lowest BCUT2D eigenvalue weighted by Gasteiger charge is -2.31. The molecule has 0 bridgehead atoms. The van der Waals surface area contributed by atoms with Crippen molar-refractivity contribution in [1.29, 1.82) is 0 Å². The van der Waals surface area contributed by atoms with Crippen LogP contribution in [0.1, 0.15) is 39.5 Å². The molecule has 8 heteroatoms. The molecule has 1 aliphatic rings. The van der Waals surface area contributed by atoms with E-state index >= 15 is 0 Å². The number of hydrogen-bond acceptors (Lipinski definition) is 4. The van der Waals surface area contributed by atoms with Crippen LogP contribution in [0.25, 0.3) is 0 Å². The zero-order valence-electron chi connectivity index (χ0n) is 17.1. The number of urea groups is 1. The van der Waals surface area contributed by atoms with Crippen molar-refractivity contribution in [1.82, 2.24) is 20.5 Å². The Morgan fingerprint density at radius 2 is 1.88 bits per heavy atom. The van der Waals surface area contributed by atoms with Gasteiger partial charge in [-0.3, -0.25) is 19.5 Å². The number of nitrogens with one attached hydrogen (secondary N) is 2. The molecule has 3 aromatic rings. The fourth-order valence-corrected chi connectivity index (χ4v) is 3.51. The zero-order chi connectivity index (χ0) is 22.5. The summed E-state index contributed by atoms with van der Waals surface area (Å²) in [4.78, 5) is 42.8. The zero-order valence-corrected chi connectivity index (χ0v) is 17.1. The number of amides is 4. The molecule has 4 rings (SSSR count). The Bertz CT molecular complexity index is 1120. The molecule has 0 aliphatic carbocycles. The molecule has 0 radical (unpaired) electrons. The van der Waals surface area contributed by atoms with Crippen molar-refractivity contribution in [2.75, 3.05) is 0 Å². The van der Waals surface area contributed by atoms with Gasteiger partial charge < -0.3 is 10.6 Å². The molecule has 1 saturated heterocycles. The number of carbonyl (C=O) groups excluding carboxylic acids is 3. The van der Waals surface area contributed by atoms with Crippen LogP contribution in [0.3, 0.4) is 0 Å². The van der Waals surface area contributed by atoms with Crippen LogP contribution in [0.4, 0.5) is 9.18 Å². The summed E-state index contributed by atoms with van der Waals surface area (Å²) in [6.07, 6.45) is 3.41. The number of aromatic nitrogens is 1. The van der Waals surface area contributed by atoms with Gasteiger partial charge in [0, 0.05) is 24.5 Å². The van der Waals surface area contributed by atoms with Crippen LogP contribution < -0.4 is 10.6 Å². The molecule has 32 heavy (non-hydrogen) atoms. The second-order valence-electron chi connectivity index (χ2n) is 7.48. The van der Waals surface area contributed by atoms with Gasteiger partial charge >= 0.3 is 6.03 Å². The van der Waals surface area contributed by atoms with Crippen molar-refractivity contribution in [2.45, 2.75) is 25.6 Å². The number of nitrogens with zero attached hydrogens (tertiary/aromatic N) is 2. The molecule has 1 aliphatic heterocycles. The van der Waals surface area contributed by atoms with Gasteiger partial charge in [-0.25, -0.2) is 9.18 Å². The number of hydrogen-bond donors (Lipinski definition) is 2. The second-order valence-corrected chi connectivity index (χ2v) is 7.48. The molecule has 1 atom stereocenters. The highest BCUT2D eigenvalue weighted by Crippen LogP contribution is 2.24. The molecule has 162 valence electrons. The van der Waals surface area contributed by atoms with Crippen molar-refractivity contribution in [3.63, 3.8) is 0 Å². The van der Waals surface area contributed by atoms with E-state index in [1.54, 1.807) is 54.9 Å². The van der Waals surface area contributed by atoms with Gasteiger partial charge in [-0.05, 0) is 47.0 Å². The third kappa shape index (κ3) is 4.97. The molecule has 2 N–H and O–H groups in total. The molecule has 4 amide bonds. The molecule has 0 saturated carbocycles. The first kappa shape index (κ1) is 21.2. The van der Waals surface area contributed by atoms with Crippen molar-refractivity contribution < 1.29 is 18.8 Å². The summed E-state index contributed by atoms with van der Waals surface area (Å²) in [5.41, 5.74) is 2.63. The summed E-state index contributed by atoms with van der Waals surface area (Å²) >= 11 is 0. The summed E-state index contributed by atoms with van der Waals surface area (Å²) in [7, 11) is 0.